The van der Waals surface area contributed by atoms with Crippen molar-refractivity contribution in [3.63, 3.8) is 0 Å². The highest BCUT2D eigenvalue weighted by Gasteiger charge is 2.41. The Morgan fingerprint density at radius 2 is 2.15 bits per heavy atom. The van der Waals surface area contributed by atoms with Crippen molar-refractivity contribution in [3.05, 3.63) is 28.3 Å². The monoisotopic (exact) mass is 317 g/mol. The highest BCUT2D eigenvalue weighted by Crippen LogP contribution is 2.47. The van der Waals surface area contributed by atoms with E-state index in [9.17, 15) is 18.5 Å². The van der Waals surface area contributed by atoms with Crippen molar-refractivity contribution in [2.45, 2.75) is 22.5 Å². The van der Waals surface area contributed by atoms with E-state index in [1.165, 1.54) is 6.07 Å². The summed E-state index contributed by atoms with van der Waals surface area (Å²) in [5.41, 5.74) is 0.0101. The Bertz CT molecular complexity index is 641. The highest BCUT2D eigenvalue weighted by atomic mass is 32.2. The molecule has 1 aliphatic carbocycles. The Labute approximate surface area is 121 Å². The molecule has 2 rings (SSSR count). The number of hydrogen-bond acceptors (Lipinski definition) is 6. The van der Waals surface area contributed by atoms with Gasteiger partial charge in [-0.2, -0.15) is 11.8 Å². The molecule has 9 heteroatoms. The molecule has 1 saturated carbocycles. The van der Waals surface area contributed by atoms with Crippen LogP contribution in [0.3, 0.4) is 0 Å². The van der Waals surface area contributed by atoms with E-state index in [1.54, 1.807) is 11.8 Å². The van der Waals surface area contributed by atoms with Gasteiger partial charge in [0.05, 0.1) is 10.6 Å². The molecule has 0 spiro atoms. The van der Waals surface area contributed by atoms with Crippen LogP contribution in [0.25, 0.3) is 0 Å². The van der Waals surface area contributed by atoms with Gasteiger partial charge < -0.3 is 5.32 Å². The number of non-ortho nitro benzene ring substituents is 1. The number of hydrogen-bond donors (Lipinski definition) is 2. The molecular formula is C11H15N3O4S2. The van der Waals surface area contributed by atoms with Crippen LogP contribution in [0.2, 0.25) is 0 Å². The number of anilines is 1. The van der Waals surface area contributed by atoms with Crippen molar-refractivity contribution in [1.82, 2.24) is 0 Å². The van der Waals surface area contributed by atoms with Crippen LogP contribution in [-0.4, -0.2) is 30.9 Å². The van der Waals surface area contributed by atoms with Crippen molar-refractivity contribution in [2.75, 3.05) is 18.1 Å². The summed E-state index contributed by atoms with van der Waals surface area (Å²) in [5, 5.41) is 18.9. The minimum absolute atomic E-state index is 0.0975. The van der Waals surface area contributed by atoms with Crippen molar-refractivity contribution >= 4 is 33.2 Å². The molecule has 0 bridgehead atoms. The molecule has 3 N–H and O–H groups in total. The molecule has 110 valence electrons. The van der Waals surface area contributed by atoms with Crippen LogP contribution in [0, 0.1) is 10.1 Å². The smallest absolute Gasteiger partial charge is 0.271 e. The van der Waals surface area contributed by atoms with Gasteiger partial charge in [-0.1, -0.05) is 0 Å². The first-order valence-corrected chi connectivity index (χ1v) is 8.65. The van der Waals surface area contributed by atoms with Gasteiger partial charge in [0, 0.05) is 23.4 Å². The van der Waals surface area contributed by atoms with E-state index in [-0.39, 0.29) is 21.0 Å². The summed E-state index contributed by atoms with van der Waals surface area (Å²) in [7, 11) is -3.92. The third kappa shape index (κ3) is 3.22. The Kier molecular flexibility index (Phi) is 3.94. The molecule has 0 saturated heterocycles. The summed E-state index contributed by atoms with van der Waals surface area (Å²) in [6, 6.07) is 3.50. The maximum absolute atomic E-state index is 11.5. The maximum atomic E-state index is 11.5. The van der Waals surface area contributed by atoms with E-state index in [2.05, 4.69) is 5.32 Å². The highest BCUT2D eigenvalue weighted by molar-refractivity contribution is 8.00. The zero-order valence-corrected chi connectivity index (χ0v) is 12.5. The summed E-state index contributed by atoms with van der Waals surface area (Å²) in [6.07, 6.45) is 4.07. The number of primary sulfonamides is 1. The summed E-state index contributed by atoms with van der Waals surface area (Å²) < 4.78 is 23.1. The number of nitro groups is 1. The van der Waals surface area contributed by atoms with Gasteiger partial charge in [-0.3, -0.25) is 10.1 Å². The van der Waals surface area contributed by atoms with Crippen LogP contribution in [0.4, 0.5) is 11.4 Å². The Morgan fingerprint density at radius 3 is 2.60 bits per heavy atom. The predicted octanol–water partition coefficient (Wildman–Crippen LogP) is 1.55. The van der Waals surface area contributed by atoms with Crippen molar-refractivity contribution in [2.24, 2.45) is 5.14 Å². The Hall–Kier alpha value is -1.32. The molecule has 20 heavy (non-hydrogen) atoms. The number of rotatable bonds is 6. The van der Waals surface area contributed by atoms with Crippen molar-refractivity contribution in [3.8, 4) is 0 Å². The molecular weight excluding hydrogens is 302 g/mol. The van der Waals surface area contributed by atoms with Gasteiger partial charge >= 0.3 is 0 Å². The minimum Gasteiger partial charge on any atom is -0.382 e. The van der Waals surface area contributed by atoms with E-state index in [4.69, 9.17) is 5.14 Å². The van der Waals surface area contributed by atoms with Crippen LogP contribution < -0.4 is 10.5 Å². The lowest BCUT2D eigenvalue weighted by atomic mass is 10.2. The minimum atomic E-state index is -3.92. The fraction of sp³-hybridized carbons (Fsp3) is 0.455. The van der Waals surface area contributed by atoms with Gasteiger partial charge in [0.1, 0.15) is 4.90 Å². The number of nitrogens with two attached hydrogens (primary N) is 1. The zero-order valence-electron chi connectivity index (χ0n) is 10.8. The van der Waals surface area contributed by atoms with Crippen molar-refractivity contribution in [1.29, 1.82) is 0 Å². The predicted molar refractivity (Wildman–Crippen MR) is 78.4 cm³/mol. The number of nitrogens with one attached hydrogen (secondary N) is 1. The number of thioether (sulfide) groups is 1. The Morgan fingerprint density at radius 1 is 1.50 bits per heavy atom. The first-order valence-electron chi connectivity index (χ1n) is 5.88. The van der Waals surface area contributed by atoms with Crippen LogP contribution in [0.5, 0.6) is 0 Å². The normalized spacial score (nSPS) is 16.7. The van der Waals surface area contributed by atoms with Gasteiger partial charge in [-0.05, 0) is 25.2 Å². The quantitative estimate of drug-likeness (QED) is 0.607. The van der Waals surface area contributed by atoms with Crippen molar-refractivity contribution < 1.29 is 13.3 Å². The van der Waals surface area contributed by atoms with Gasteiger partial charge in [0.15, 0.2) is 0 Å². The lowest BCUT2D eigenvalue weighted by Crippen LogP contribution is -2.21. The van der Waals surface area contributed by atoms with Gasteiger partial charge in [-0.15, -0.1) is 0 Å². The fourth-order valence-electron chi connectivity index (χ4n) is 1.87. The van der Waals surface area contributed by atoms with E-state index >= 15 is 0 Å². The number of benzene rings is 1. The molecule has 0 amide bonds. The molecule has 1 aliphatic rings. The standard InChI is InChI=1S/C11H15N3O4S2/c1-19-11(4-5-11)7-13-9-6-8(14(15)16)2-3-10(9)20(12,17)18/h2-3,6,13H,4-5,7H2,1H3,(H2,12,17,18). The van der Waals surface area contributed by atoms with Crippen LogP contribution in [-0.2, 0) is 10.0 Å². The number of nitrogens with zero attached hydrogens (tertiary/aromatic N) is 1. The van der Waals surface area contributed by atoms with E-state index in [0.717, 1.165) is 25.0 Å². The maximum Gasteiger partial charge on any atom is 0.271 e. The van der Waals surface area contributed by atoms with E-state index in [0.29, 0.717) is 6.54 Å². The summed E-state index contributed by atoms with van der Waals surface area (Å²) in [6.45, 7) is 0.553. The Balaban J connectivity index is 2.32. The largest absolute Gasteiger partial charge is 0.382 e. The molecule has 0 aliphatic heterocycles. The molecule has 0 aromatic heterocycles. The number of nitro benzene ring substituents is 1. The summed E-state index contributed by atoms with van der Waals surface area (Å²) in [5.74, 6) is 0. The first-order chi connectivity index (χ1) is 9.27. The van der Waals surface area contributed by atoms with Crippen LogP contribution >= 0.6 is 11.8 Å². The molecule has 0 radical (unpaired) electrons. The average Bonchev–Trinajstić information content (AvgIpc) is 3.15. The SMILES string of the molecule is CSC1(CNc2cc([N+](=O)[O-])ccc2S(N)(=O)=O)CC1. The second-order valence-corrected chi connectivity index (χ2v) is 7.53. The second-order valence-electron chi connectivity index (χ2n) is 4.72. The van der Waals surface area contributed by atoms with E-state index < -0.39 is 14.9 Å². The lowest BCUT2D eigenvalue weighted by molar-refractivity contribution is -0.384. The molecule has 7 nitrogen and oxygen atoms in total. The molecule has 0 atom stereocenters. The molecule has 1 fully saturated rings. The third-order valence-corrected chi connectivity index (χ3v) is 5.71. The van der Waals surface area contributed by atoms with Gasteiger partial charge in [0.25, 0.3) is 5.69 Å². The van der Waals surface area contributed by atoms with E-state index in [1.807, 2.05) is 6.26 Å². The average molecular weight is 317 g/mol. The zero-order chi connectivity index (χ0) is 15.0. The molecule has 0 unspecified atom stereocenters. The summed E-state index contributed by atoms with van der Waals surface area (Å²) >= 11 is 1.70. The third-order valence-electron chi connectivity index (χ3n) is 3.32. The molecule has 1 aromatic carbocycles. The van der Waals surface area contributed by atoms with Crippen LogP contribution in [0.15, 0.2) is 23.1 Å². The summed E-state index contributed by atoms with van der Waals surface area (Å²) in [4.78, 5) is 10.1. The van der Waals surface area contributed by atoms with Gasteiger partial charge in [-0.25, -0.2) is 13.6 Å². The number of sulfonamides is 1. The second kappa shape index (κ2) is 5.23. The topological polar surface area (TPSA) is 115 Å². The fourth-order valence-corrected chi connectivity index (χ4v) is 3.29. The molecule has 0 heterocycles. The lowest BCUT2D eigenvalue weighted by Gasteiger charge is -2.16. The first kappa shape index (κ1) is 15.1. The van der Waals surface area contributed by atoms with Gasteiger partial charge in [0.2, 0.25) is 10.0 Å². The molecule has 1 aromatic rings. The van der Waals surface area contributed by atoms with Crippen LogP contribution in [0.1, 0.15) is 12.8 Å².